The van der Waals surface area contributed by atoms with E-state index in [1.807, 2.05) is 18.2 Å². The van der Waals surface area contributed by atoms with Crippen molar-refractivity contribution in [1.82, 2.24) is 9.21 Å². The third-order valence-electron chi connectivity index (χ3n) is 4.21. The van der Waals surface area contributed by atoms with E-state index in [0.29, 0.717) is 23.1 Å². The lowest BCUT2D eigenvalue weighted by Crippen LogP contribution is -2.50. The topological polar surface area (TPSA) is 57.7 Å². The molecule has 0 N–H and O–H groups in total. The molecule has 5 nitrogen and oxygen atoms in total. The van der Waals surface area contributed by atoms with E-state index in [4.69, 9.17) is 23.2 Å². The number of carbonyl (C=O) groups excluding carboxylic acids is 1. The number of piperazine rings is 1. The second-order valence-corrected chi connectivity index (χ2v) is 9.76. The first-order chi connectivity index (χ1) is 12.9. The van der Waals surface area contributed by atoms with Crippen LogP contribution in [0.3, 0.4) is 0 Å². The molecule has 1 fully saturated rings. The number of benzene rings is 2. The summed E-state index contributed by atoms with van der Waals surface area (Å²) < 4.78 is 26.8. The molecule has 0 bridgehead atoms. The quantitative estimate of drug-likeness (QED) is 0.660. The number of nitrogens with zero attached hydrogens (tertiary/aromatic N) is 2. The van der Waals surface area contributed by atoms with Gasteiger partial charge in [-0.05, 0) is 30.3 Å². The minimum atomic E-state index is -3.61. The SMILES string of the molecule is O=C(CSc1ccccc1Cl)N1CCN(S(=O)(=O)c2cccc(Cl)c2)CC1. The molecular weight excluding hydrogens is 427 g/mol. The number of hydrogen-bond donors (Lipinski definition) is 0. The summed E-state index contributed by atoms with van der Waals surface area (Å²) in [7, 11) is -3.61. The Labute approximate surface area is 173 Å². The predicted molar refractivity (Wildman–Crippen MR) is 109 cm³/mol. The van der Waals surface area contributed by atoms with Gasteiger partial charge < -0.3 is 4.90 Å². The Balaban J connectivity index is 1.57. The lowest BCUT2D eigenvalue weighted by molar-refractivity contribution is -0.129. The molecule has 0 radical (unpaired) electrons. The number of halogens is 2. The Morgan fingerprint density at radius 2 is 1.70 bits per heavy atom. The van der Waals surface area contributed by atoms with Gasteiger partial charge in [0.15, 0.2) is 0 Å². The van der Waals surface area contributed by atoms with Gasteiger partial charge in [0.2, 0.25) is 15.9 Å². The standard InChI is InChI=1S/C18H18Cl2N2O3S2/c19-14-4-3-5-15(12-14)27(24,25)22-10-8-21(9-11-22)18(23)13-26-17-7-2-1-6-16(17)20/h1-7,12H,8-11,13H2. The van der Waals surface area contributed by atoms with Gasteiger partial charge in [0, 0.05) is 36.1 Å². The van der Waals surface area contributed by atoms with Crippen molar-refractivity contribution in [3.05, 3.63) is 58.6 Å². The number of sulfonamides is 1. The second-order valence-electron chi connectivity index (χ2n) is 5.96. The van der Waals surface area contributed by atoms with Crippen molar-refractivity contribution >= 4 is 50.9 Å². The zero-order chi connectivity index (χ0) is 19.4. The maximum Gasteiger partial charge on any atom is 0.243 e. The minimum absolute atomic E-state index is 0.0280. The van der Waals surface area contributed by atoms with E-state index in [0.717, 1.165) is 4.90 Å². The summed E-state index contributed by atoms with van der Waals surface area (Å²) in [5, 5.41) is 0.995. The van der Waals surface area contributed by atoms with Crippen LogP contribution in [0.4, 0.5) is 0 Å². The maximum absolute atomic E-state index is 12.7. The Bertz CT molecular complexity index is 930. The molecule has 1 aliphatic rings. The molecule has 9 heteroatoms. The van der Waals surface area contributed by atoms with Gasteiger partial charge in [-0.1, -0.05) is 41.4 Å². The molecule has 1 heterocycles. The second kappa shape index (κ2) is 8.84. The van der Waals surface area contributed by atoms with Gasteiger partial charge in [-0.2, -0.15) is 4.31 Å². The maximum atomic E-state index is 12.7. The lowest BCUT2D eigenvalue weighted by atomic mass is 10.3. The molecule has 3 rings (SSSR count). The van der Waals surface area contributed by atoms with Gasteiger partial charge in [0.1, 0.15) is 0 Å². The van der Waals surface area contributed by atoms with Crippen LogP contribution in [0.1, 0.15) is 0 Å². The zero-order valence-corrected chi connectivity index (χ0v) is 17.5. The molecule has 0 atom stereocenters. The van der Waals surface area contributed by atoms with Crippen LogP contribution in [-0.4, -0.2) is 55.5 Å². The van der Waals surface area contributed by atoms with Crippen molar-refractivity contribution in [2.75, 3.05) is 31.9 Å². The van der Waals surface area contributed by atoms with E-state index >= 15 is 0 Å². The van der Waals surface area contributed by atoms with Gasteiger partial charge >= 0.3 is 0 Å². The summed E-state index contributed by atoms with van der Waals surface area (Å²) in [5.74, 6) is 0.241. The van der Waals surface area contributed by atoms with Gasteiger partial charge in [-0.25, -0.2) is 8.42 Å². The summed E-state index contributed by atoms with van der Waals surface area (Å²) in [6, 6.07) is 13.6. The number of rotatable bonds is 5. The van der Waals surface area contributed by atoms with Gasteiger partial charge in [0.05, 0.1) is 15.7 Å². The summed E-state index contributed by atoms with van der Waals surface area (Å²) in [6.45, 7) is 1.25. The molecule has 144 valence electrons. The van der Waals surface area contributed by atoms with Gasteiger partial charge in [0.25, 0.3) is 0 Å². The fourth-order valence-corrected chi connectivity index (χ4v) is 5.61. The van der Waals surface area contributed by atoms with Crippen molar-refractivity contribution in [3.63, 3.8) is 0 Å². The van der Waals surface area contributed by atoms with Crippen LogP contribution in [0.15, 0.2) is 58.3 Å². The highest BCUT2D eigenvalue weighted by Gasteiger charge is 2.30. The van der Waals surface area contributed by atoms with Crippen molar-refractivity contribution in [1.29, 1.82) is 0 Å². The molecule has 0 aromatic heterocycles. The molecule has 0 spiro atoms. The monoisotopic (exact) mass is 444 g/mol. The van der Waals surface area contributed by atoms with E-state index in [-0.39, 0.29) is 29.6 Å². The van der Waals surface area contributed by atoms with Gasteiger partial charge in [-0.3, -0.25) is 4.79 Å². The zero-order valence-electron chi connectivity index (χ0n) is 14.3. The van der Waals surface area contributed by atoms with Crippen molar-refractivity contribution in [3.8, 4) is 0 Å². The van der Waals surface area contributed by atoms with Crippen molar-refractivity contribution < 1.29 is 13.2 Å². The molecule has 0 unspecified atom stereocenters. The molecule has 0 saturated carbocycles. The molecular formula is C18H18Cl2N2O3S2. The molecule has 0 aliphatic carbocycles. The number of amides is 1. The van der Waals surface area contributed by atoms with Crippen molar-refractivity contribution in [2.45, 2.75) is 9.79 Å². The Morgan fingerprint density at radius 1 is 1.00 bits per heavy atom. The first kappa shape index (κ1) is 20.5. The van der Waals surface area contributed by atoms with Crippen LogP contribution in [0.25, 0.3) is 0 Å². The highest BCUT2D eigenvalue weighted by atomic mass is 35.5. The first-order valence-electron chi connectivity index (χ1n) is 8.29. The molecule has 1 amide bonds. The van der Waals surface area contributed by atoms with Crippen LogP contribution >= 0.6 is 35.0 Å². The minimum Gasteiger partial charge on any atom is -0.339 e. The van der Waals surface area contributed by atoms with E-state index in [1.165, 1.54) is 28.2 Å². The Hall–Kier alpha value is -1.25. The third-order valence-corrected chi connectivity index (χ3v) is 7.84. The van der Waals surface area contributed by atoms with E-state index in [2.05, 4.69) is 0 Å². The number of carbonyl (C=O) groups is 1. The highest BCUT2D eigenvalue weighted by molar-refractivity contribution is 8.00. The van der Waals surface area contributed by atoms with Crippen LogP contribution < -0.4 is 0 Å². The predicted octanol–water partition coefficient (Wildman–Crippen LogP) is 3.62. The Morgan fingerprint density at radius 3 is 2.37 bits per heavy atom. The van der Waals surface area contributed by atoms with Crippen LogP contribution in [0.2, 0.25) is 10.0 Å². The molecule has 2 aromatic rings. The molecule has 1 aliphatic heterocycles. The largest absolute Gasteiger partial charge is 0.339 e. The first-order valence-corrected chi connectivity index (χ1v) is 11.5. The Kier molecular flexibility index (Phi) is 6.70. The highest BCUT2D eigenvalue weighted by Crippen LogP contribution is 2.27. The summed E-state index contributed by atoms with van der Waals surface area (Å²) in [5.41, 5.74) is 0. The van der Waals surface area contributed by atoms with E-state index in [9.17, 15) is 13.2 Å². The molecule has 27 heavy (non-hydrogen) atoms. The smallest absolute Gasteiger partial charge is 0.243 e. The van der Waals surface area contributed by atoms with Crippen LogP contribution in [-0.2, 0) is 14.8 Å². The van der Waals surface area contributed by atoms with Gasteiger partial charge in [-0.15, -0.1) is 11.8 Å². The normalized spacial score (nSPS) is 15.7. The fraction of sp³-hybridized carbons (Fsp3) is 0.278. The number of hydrogen-bond acceptors (Lipinski definition) is 4. The van der Waals surface area contributed by atoms with Crippen LogP contribution in [0, 0.1) is 0 Å². The third kappa shape index (κ3) is 4.97. The fourth-order valence-electron chi connectivity index (χ4n) is 2.75. The van der Waals surface area contributed by atoms with Crippen LogP contribution in [0.5, 0.6) is 0 Å². The molecule has 2 aromatic carbocycles. The number of thioether (sulfide) groups is 1. The summed E-state index contributed by atoms with van der Waals surface area (Å²) in [6.07, 6.45) is 0. The summed E-state index contributed by atoms with van der Waals surface area (Å²) >= 11 is 13.4. The average molecular weight is 445 g/mol. The van der Waals surface area contributed by atoms with Crippen molar-refractivity contribution in [2.24, 2.45) is 0 Å². The average Bonchev–Trinajstić information content (AvgIpc) is 2.67. The lowest BCUT2D eigenvalue weighted by Gasteiger charge is -2.34. The van der Waals surface area contributed by atoms with E-state index in [1.54, 1.807) is 23.1 Å². The van der Waals surface area contributed by atoms with E-state index < -0.39 is 10.0 Å². The molecule has 1 saturated heterocycles. The summed E-state index contributed by atoms with van der Waals surface area (Å²) in [4.78, 5) is 15.1.